The Hall–Kier alpha value is -0.860. The van der Waals surface area contributed by atoms with E-state index in [0.29, 0.717) is 6.04 Å². The summed E-state index contributed by atoms with van der Waals surface area (Å²) in [6.07, 6.45) is 1.17. The van der Waals surface area contributed by atoms with Crippen LogP contribution in [0, 0.1) is 5.41 Å². The topological polar surface area (TPSA) is 12.0 Å². The molecule has 1 unspecified atom stereocenters. The summed E-state index contributed by atoms with van der Waals surface area (Å²) < 4.78 is 1.42. The van der Waals surface area contributed by atoms with Crippen LogP contribution in [0.5, 0.6) is 0 Å². The summed E-state index contributed by atoms with van der Waals surface area (Å²) in [4.78, 5) is 0. The summed E-state index contributed by atoms with van der Waals surface area (Å²) in [5.41, 5.74) is 1.71. The highest BCUT2D eigenvalue weighted by molar-refractivity contribution is 7.17. The molecule has 0 aliphatic rings. The van der Waals surface area contributed by atoms with Gasteiger partial charge in [0.05, 0.1) is 0 Å². The molecule has 0 aliphatic carbocycles. The van der Waals surface area contributed by atoms with Crippen LogP contribution in [0.1, 0.15) is 38.8 Å². The first-order valence-electron chi connectivity index (χ1n) is 6.23. The largest absolute Gasteiger partial charge is 0.313 e. The summed E-state index contributed by atoms with van der Waals surface area (Å²) in [7, 11) is 2.06. The molecule has 2 heteroatoms. The van der Waals surface area contributed by atoms with Crippen molar-refractivity contribution in [3.8, 4) is 0 Å². The SMILES string of the molecule is CCC(C)(C)C(NC)c1cccc2ccsc12. The van der Waals surface area contributed by atoms with E-state index >= 15 is 0 Å². The molecule has 0 saturated carbocycles. The Morgan fingerprint density at radius 2 is 2.06 bits per heavy atom. The number of thiophene rings is 1. The number of fused-ring (bicyclic) bond motifs is 1. The highest BCUT2D eigenvalue weighted by Gasteiger charge is 2.29. The van der Waals surface area contributed by atoms with Gasteiger partial charge in [-0.05, 0) is 41.3 Å². The number of hydrogen-bond donors (Lipinski definition) is 1. The smallest absolute Gasteiger partial charge is 0.0390 e. The van der Waals surface area contributed by atoms with Crippen molar-refractivity contribution in [2.75, 3.05) is 7.05 Å². The highest BCUT2D eigenvalue weighted by Crippen LogP contribution is 2.40. The third kappa shape index (κ3) is 2.24. The van der Waals surface area contributed by atoms with Gasteiger partial charge in [0.1, 0.15) is 0 Å². The molecule has 0 bridgehead atoms. The molecule has 1 aromatic heterocycles. The van der Waals surface area contributed by atoms with Crippen LogP contribution >= 0.6 is 11.3 Å². The fourth-order valence-corrected chi connectivity index (χ4v) is 3.36. The maximum atomic E-state index is 3.50. The van der Waals surface area contributed by atoms with Crippen molar-refractivity contribution >= 4 is 21.4 Å². The predicted molar refractivity (Wildman–Crippen MR) is 77.7 cm³/mol. The first-order valence-corrected chi connectivity index (χ1v) is 7.11. The summed E-state index contributed by atoms with van der Waals surface area (Å²) in [6.45, 7) is 6.93. The maximum absolute atomic E-state index is 3.50. The summed E-state index contributed by atoms with van der Waals surface area (Å²) in [5, 5.41) is 7.04. The van der Waals surface area contributed by atoms with E-state index in [4.69, 9.17) is 0 Å². The normalized spacial score (nSPS) is 14.1. The van der Waals surface area contributed by atoms with E-state index in [0.717, 1.165) is 0 Å². The molecule has 0 saturated heterocycles. The molecule has 1 atom stereocenters. The lowest BCUT2D eigenvalue weighted by Gasteiger charge is -2.34. The predicted octanol–water partition coefficient (Wildman–Crippen LogP) is 4.60. The number of nitrogens with one attached hydrogen (secondary N) is 1. The minimum atomic E-state index is 0.271. The van der Waals surface area contributed by atoms with E-state index in [-0.39, 0.29) is 5.41 Å². The lowest BCUT2D eigenvalue weighted by molar-refractivity contribution is 0.247. The zero-order chi connectivity index (χ0) is 12.5. The van der Waals surface area contributed by atoms with Crippen LogP contribution in [-0.4, -0.2) is 7.05 Å². The Balaban J connectivity index is 2.54. The molecule has 0 amide bonds. The number of hydrogen-bond acceptors (Lipinski definition) is 2. The van der Waals surface area contributed by atoms with Gasteiger partial charge in [-0.2, -0.15) is 0 Å². The van der Waals surface area contributed by atoms with Crippen LogP contribution in [-0.2, 0) is 0 Å². The van der Waals surface area contributed by atoms with Crippen LogP contribution in [0.2, 0.25) is 0 Å². The minimum absolute atomic E-state index is 0.271. The molecule has 0 spiro atoms. The Morgan fingerprint density at radius 3 is 2.71 bits per heavy atom. The van der Waals surface area contributed by atoms with Crippen LogP contribution < -0.4 is 5.32 Å². The quantitative estimate of drug-likeness (QED) is 0.832. The molecule has 1 N–H and O–H groups in total. The van der Waals surface area contributed by atoms with Gasteiger partial charge in [-0.15, -0.1) is 11.3 Å². The average Bonchev–Trinajstić information content (AvgIpc) is 2.78. The number of rotatable bonds is 4. The average molecular weight is 247 g/mol. The highest BCUT2D eigenvalue weighted by atomic mass is 32.1. The van der Waals surface area contributed by atoms with Gasteiger partial charge in [0.25, 0.3) is 0 Å². The van der Waals surface area contributed by atoms with E-state index in [9.17, 15) is 0 Å². The first kappa shape index (κ1) is 12.6. The second-order valence-corrected chi connectivity index (χ2v) is 6.17. The van der Waals surface area contributed by atoms with Crippen molar-refractivity contribution in [1.82, 2.24) is 5.32 Å². The summed E-state index contributed by atoms with van der Waals surface area (Å²) in [6, 6.07) is 9.24. The molecule has 0 radical (unpaired) electrons. The first-order chi connectivity index (χ1) is 8.10. The molecule has 1 heterocycles. The Morgan fingerprint density at radius 1 is 1.29 bits per heavy atom. The Labute approximate surface area is 108 Å². The fourth-order valence-electron chi connectivity index (χ4n) is 2.41. The molecule has 0 aliphatic heterocycles. The summed E-state index contributed by atoms with van der Waals surface area (Å²) >= 11 is 1.84. The number of benzene rings is 1. The van der Waals surface area contributed by atoms with E-state index < -0.39 is 0 Å². The third-order valence-corrected chi connectivity index (χ3v) is 4.78. The second kappa shape index (κ2) is 4.79. The molecule has 17 heavy (non-hydrogen) atoms. The Kier molecular flexibility index (Phi) is 3.55. The van der Waals surface area contributed by atoms with Crippen molar-refractivity contribution < 1.29 is 0 Å². The second-order valence-electron chi connectivity index (χ2n) is 5.25. The van der Waals surface area contributed by atoms with Gasteiger partial charge in [0.15, 0.2) is 0 Å². The van der Waals surface area contributed by atoms with Gasteiger partial charge < -0.3 is 5.32 Å². The van der Waals surface area contributed by atoms with Gasteiger partial charge in [-0.3, -0.25) is 0 Å². The van der Waals surface area contributed by atoms with Gasteiger partial charge in [0.2, 0.25) is 0 Å². The van der Waals surface area contributed by atoms with E-state index in [2.05, 4.69) is 62.8 Å². The third-order valence-electron chi connectivity index (χ3n) is 3.80. The fraction of sp³-hybridized carbons (Fsp3) is 0.467. The zero-order valence-corrected chi connectivity index (χ0v) is 11.9. The lowest BCUT2D eigenvalue weighted by Crippen LogP contribution is -2.31. The molecule has 2 rings (SSSR count). The van der Waals surface area contributed by atoms with Crippen LogP contribution in [0.25, 0.3) is 10.1 Å². The maximum Gasteiger partial charge on any atom is 0.0390 e. The molecule has 1 nitrogen and oxygen atoms in total. The zero-order valence-electron chi connectivity index (χ0n) is 11.1. The molecular weight excluding hydrogens is 226 g/mol. The monoisotopic (exact) mass is 247 g/mol. The van der Waals surface area contributed by atoms with Crippen molar-refractivity contribution in [2.45, 2.75) is 33.2 Å². The van der Waals surface area contributed by atoms with Crippen LogP contribution in [0.3, 0.4) is 0 Å². The van der Waals surface area contributed by atoms with Gasteiger partial charge in [0, 0.05) is 10.7 Å². The summed E-state index contributed by atoms with van der Waals surface area (Å²) in [5.74, 6) is 0. The van der Waals surface area contributed by atoms with E-state index in [1.54, 1.807) is 0 Å². The van der Waals surface area contributed by atoms with Crippen LogP contribution in [0.4, 0.5) is 0 Å². The van der Waals surface area contributed by atoms with E-state index in [1.807, 2.05) is 11.3 Å². The van der Waals surface area contributed by atoms with Crippen molar-refractivity contribution in [3.63, 3.8) is 0 Å². The molecular formula is C15H21NS. The van der Waals surface area contributed by atoms with Crippen molar-refractivity contribution in [3.05, 3.63) is 35.2 Å². The van der Waals surface area contributed by atoms with Crippen LogP contribution in [0.15, 0.2) is 29.6 Å². The Bertz CT molecular complexity index is 498. The van der Waals surface area contributed by atoms with Gasteiger partial charge in [-0.25, -0.2) is 0 Å². The minimum Gasteiger partial charge on any atom is -0.313 e. The van der Waals surface area contributed by atoms with Gasteiger partial charge >= 0.3 is 0 Å². The van der Waals surface area contributed by atoms with Gasteiger partial charge in [-0.1, -0.05) is 39.0 Å². The van der Waals surface area contributed by atoms with Crippen molar-refractivity contribution in [2.24, 2.45) is 5.41 Å². The molecule has 92 valence electrons. The molecule has 0 fully saturated rings. The standard InChI is InChI=1S/C15H21NS/c1-5-15(2,3)14(16-4)12-8-6-7-11-9-10-17-13(11)12/h6-10,14,16H,5H2,1-4H3. The lowest BCUT2D eigenvalue weighted by atomic mass is 9.78. The molecule has 2 aromatic rings. The van der Waals surface area contributed by atoms with E-state index in [1.165, 1.54) is 22.1 Å². The van der Waals surface area contributed by atoms with Crippen molar-refractivity contribution in [1.29, 1.82) is 0 Å². The molecule has 1 aromatic carbocycles.